The Morgan fingerprint density at radius 2 is 0.451 bits per heavy atom. The summed E-state index contributed by atoms with van der Waals surface area (Å²) in [4.78, 5) is 72.9. The summed E-state index contributed by atoms with van der Waals surface area (Å²) in [6.07, 6.45) is 68.3. The summed E-state index contributed by atoms with van der Waals surface area (Å²) in [6.45, 7) is 7.33. The third-order valence-corrected chi connectivity index (χ3v) is 21.4. The van der Waals surface area contributed by atoms with Gasteiger partial charge in [0.25, 0.3) is 0 Å². The van der Waals surface area contributed by atoms with Crippen LogP contribution < -0.4 is 0 Å². The zero-order chi connectivity index (χ0) is 74.8. The maximum absolute atomic E-state index is 13.1. The van der Waals surface area contributed by atoms with Gasteiger partial charge in [0.1, 0.15) is 19.3 Å². The second-order valence-electron chi connectivity index (χ2n) is 30.3. The topological polar surface area (TPSA) is 237 Å². The third kappa shape index (κ3) is 76.3. The third-order valence-electron chi connectivity index (χ3n) is 19.5. The fourth-order valence-corrected chi connectivity index (χ4v) is 14.5. The van der Waals surface area contributed by atoms with Gasteiger partial charge in [0.2, 0.25) is 0 Å². The first-order valence-electron chi connectivity index (χ1n) is 43.1. The number of hydrogen-bond donors (Lipinski definition) is 3. The van der Waals surface area contributed by atoms with Crippen LogP contribution in [0.4, 0.5) is 0 Å². The fourth-order valence-electron chi connectivity index (χ4n) is 12.9. The molecule has 0 amide bonds. The molecule has 606 valence electrons. The molecular formula is C83H162O17P2. The van der Waals surface area contributed by atoms with Crippen LogP contribution in [0, 0.1) is 5.92 Å². The number of phosphoric ester groups is 2. The van der Waals surface area contributed by atoms with Crippen LogP contribution >= 0.6 is 15.6 Å². The number of hydrogen-bond acceptors (Lipinski definition) is 15. The van der Waals surface area contributed by atoms with E-state index in [1.54, 1.807) is 0 Å². The van der Waals surface area contributed by atoms with Crippen molar-refractivity contribution in [2.24, 2.45) is 5.92 Å². The SMILES string of the molecule is CCCCCCCCCCCCCCCCCCCCCCCC(=O)OC[C@H](COP(=O)(O)OC[C@@H](O)COP(=O)(O)OC[C@@H](COC(=O)CCCCCCCCC)OC(=O)CCCCCCCCCCCCCCC)OC(=O)CCCCCCCCCCCCCCCCCCCCC(C)C. The molecule has 0 bridgehead atoms. The highest BCUT2D eigenvalue weighted by Gasteiger charge is 2.30. The molecule has 0 aliphatic carbocycles. The van der Waals surface area contributed by atoms with Gasteiger partial charge in [0.05, 0.1) is 26.4 Å². The van der Waals surface area contributed by atoms with Gasteiger partial charge in [-0.3, -0.25) is 37.3 Å². The zero-order valence-electron chi connectivity index (χ0n) is 66.8. The molecule has 17 nitrogen and oxygen atoms in total. The summed E-state index contributed by atoms with van der Waals surface area (Å²) in [5.41, 5.74) is 0. The number of rotatable bonds is 83. The zero-order valence-corrected chi connectivity index (χ0v) is 68.5. The van der Waals surface area contributed by atoms with Crippen molar-refractivity contribution >= 4 is 39.5 Å². The maximum atomic E-state index is 13.1. The largest absolute Gasteiger partial charge is 0.472 e. The second-order valence-corrected chi connectivity index (χ2v) is 33.3. The molecule has 0 aliphatic rings. The Morgan fingerprint density at radius 1 is 0.265 bits per heavy atom. The first-order chi connectivity index (χ1) is 49.5. The molecule has 102 heavy (non-hydrogen) atoms. The van der Waals surface area contributed by atoms with E-state index in [2.05, 4.69) is 34.6 Å². The first-order valence-corrected chi connectivity index (χ1v) is 46.1. The van der Waals surface area contributed by atoms with Gasteiger partial charge in [0.15, 0.2) is 12.2 Å². The van der Waals surface area contributed by atoms with E-state index < -0.39 is 97.5 Å². The predicted octanol–water partition coefficient (Wildman–Crippen LogP) is 25.2. The van der Waals surface area contributed by atoms with Crippen molar-refractivity contribution in [3.8, 4) is 0 Å². The smallest absolute Gasteiger partial charge is 0.462 e. The summed E-state index contributed by atoms with van der Waals surface area (Å²) in [5, 5.41) is 10.6. The molecule has 0 spiro atoms. The van der Waals surface area contributed by atoms with Gasteiger partial charge in [-0.25, -0.2) is 9.13 Å². The molecule has 5 atom stereocenters. The Kier molecular flexibility index (Phi) is 74.4. The average Bonchev–Trinajstić information content (AvgIpc) is 0.912. The lowest BCUT2D eigenvalue weighted by molar-refractivity contribution is -0.161. The van der Waals surface area contributed by atoms with E-state index in [9.17, 15) is 43.2 Å². The van der Waals surface area contributed by atoms with Crippen LogP contribution in [0.2, 0.25) is 0 Å². The summed E-state index contributed by atoms with van der Waals surface area (Å²) in [7, 11) is -9.91. The highest BCUT2D eigenvalue weighted by Crippen LogP contribution is 2.45. The lowest BCUT2D eigenvalue weighted by atomic mass is 10.0. The standard InChI is InChI=1S/C83H162O17P2/c1-6-9-12-15-18-20-22-24-25-26-27-28-29-33-36-40-43-47-52-57-62-67-81(86)94-73-79(100-83(88)69-64-59-54-49-45-41-37-34-31-30-32-35-39-42-46-51-55-60-65-76(4)5)75-98-102(91,92)96-71-77(84)70-95-101(89,90)97-74-78(72-93-80(85)66-61-56-50-17-14-11-8-3)99-82(87)68-63-58-53-48-44-38-23-21-19-16-13-10-7-2/h76-79,84H,6-75H2,1-5H3,(H,89,90)(H,91,92)/t77-,78+,79+/m0/s1. The van der Waals surface area contributed by atoms with Crippen LogP contribution in [0.1, 0.15) is 446 Å². The van der Waals surface area contributed by atoms with E-state index in [4.69, 9.17) is 37.0 Å². The number of esters is 4. The van der Waals surface area contributed by atoms with Crippen LogP contribution in [-0.2, 0) is 65.4 Å². The average molecular weight is 1490 g/mol. The Hall–Kier alpha value is -1.94. The Bertz CT molecular complexity index is 1940. The van der Waals surface area contributed by atoms with Gasteiger partial charge in [0, 0.05) is 25.7 Å². The van der Waals surface area contributed by atoms with Crippen molar-refractivity contribution < 1.29 is 80.2 Å². The van der Waals surface area contributed by atoms with Gasteiger partial charge in [-0.05, 0) is 31.6 Å². The molecule has 0 radical (unpaired) electrons. The molecular weight excluding hydrogens is 1330 g/mol. The van der Waals surface area contributed by atoms with Crippen molar-refractivity contribution in [2.75, 3.05) is 39.6 Å². The minimum absolute atomic E-state index is 0.108. The molecule has 0 aromatic carbocycles. The van der Waals surface area contributed by atoms with Crippen molar-refractivity contribution in [1.82, 2.24) is 0 Å². The molecule has 0 rings (SSSR count). The molecule has 0 aliphatic heterocycles. The van der Waals surface area contributed by atoms with Crippen LogP contribution in [0.25, 0.3) is 0 Å². The maximum Gasteiger partial charge on any atom is 0.472 e. The number of phosphoric acid groups is 2. The van der Waals surface area contributed by atoms with Crippen LogP contribution in [0.3, 0.4) is 0 Å². The van der Waals surface area contributed by atoms with E-state index in [1.165, 1.54) is 257 Å². The molecule has 0 aromatic rings. The number of ether oxygens (including phenoxy) is 4. The van der Waals surface area contributed by atoms with Gasteiger partial charge >= 0.3 is 39.5 Å². The lowest BCUT2D eigenvalue weighted by Crippen LogP contribution is -2.30. The van der Waals surface area contributed by atoms with Crippen LogP contribution in [-0.4, -0.2) is 96.7 Å². The summed E-state index contributed by atoms with van der Waals surface area (Å²) < 4.78 is 68.6. The van der Waals surface area contributed by atoms with Crippen molar-refractivity contribution in [2.45, 2.75) is 464 Å². The van der Waals surface area contributed by atoms with Gasteiger partial charge in [-0.1, -0.05) is 394 Å². The highest BCUT2D eigenvalue weighted by molar-refractivity contribution is 7.47. The Labute approximate surface area is 626 Å². The van der Waals surface area contributed by atoms with Crippen LogP contribution in [0.15, 0.2) is 0 Å². The monoisotopic (exact) mass is 1490 g/mol. The highest BCUT2D eigenvalue weighted by atomic mass is 31.2. The van der Waals surface area contributed by atoms with Crippen molar-refractivity contribution in [3.63, 3.8) is 0 Å². The fraction of sp³-hybridized carbons (Fsp3) is 0.952. The molecule has 0 saturated carbocycles. The van der Waals surface area contributed by atoms with Crippen LogP contribution in [0.5, 0.6) is 0 Å². The van der Waals surface area contributed by atoms with Crippen molar-refractivity contribution in [1.29, 1.82) is 0 Å². The van der Waals surface area contributed by atoms with E-state index in [1.807, 2.05) is 0 Å². The number of aliphatic hydroxyl groups is 1. The molecule has 0 heterocycles. The van der Waals surface area contributed by atoms with Gasteiger partial charge in [-0.15, -0.1) is 0 Å². The Morgan fingerprint density at radius 3 is 0.667 bits per heavy atom. The molecule has 0 aromatic heterocycles. The normalized spacial score (nSPS) is 13.8. The van der Waals surface area contributed by atoms with E-state index in [-0.39, 0.29) is 25.7 Å². The molecule has 2 unspecified atom stereocenters. The molecule has 19 heteroatoms. The summed E-state index contributed by atoms with van der Waals surface area (Å²) >= 11 is 0. The second kappa shape index (κ2) is 75.9. The number of aliphatic hydroxyl groups excluding tert-OH is 1. The molecule has 3 N–H and O–H groups in total. The van der Waals surface area contributed by atoms with E-state index >= 15 is 0 Å². The lowest BCUT2D eigenvalue weighted by Gasteiger charge is -2.21. The number of carbonyl (C=O) groups is 4. The minimum Gasteiger partial charge on any atom is -0.462 e. The van der Waals surface area contributed by atoms with Gasteiger partial charge < -0.3 is 33.8 Å². The summed E-state index contributed by atoms with van der Waals surface area (Å²) in [6, 6.07) is 0. The molecule has 0 saturated heterocycles. The van der Waals surface area contributed by atoms with Crippen molar-refractivity contribution in [3.05, 3.63) is 0 Å². The summed E-state index contributed by atoms with van der Waals surface area (Å²) in [5.74, 6) is -1.29. The Balaban J connectivity index is 5.15. The van der Waals surface area contributed by atoms with E-state index in [0.717, 1.165) is 109 Å². The predicted molar refractivity (Wildman–Crippen MR) is 418 cm³/mol. The first kappa shape index (κ1) is 100. The van der Waals surface area contributed by atoms with E-state index in [0.29, 0.717) is 25.7 Å². The van der Waals surface area contributed by atoms with Gasteiger partial charge in [-0.2, -0.15) is 0 Å². The minimum atomic E-state index is -4.96. The molecule has 0 fully saturated rings. The number of carbonyl (C=O) groups excluding carboxylic acids is 4. The quantitative estimate of drug-likeness (QED) is 0.0222. The number of unbranched alkanes of at least 4 members (excludes halogenated alkanes) is 55.